The van der Waals surface area contributed by atoms with E-state index in [9.17, 15) is 4.39 Å². The molecule has 0 radical (unpaired) electrons. The smallest absolute Gasteiger partial charge is 0.124 e. The molecule has 20 heavy (non-hydrogen) atoms. The average molecular weight is 368 g/mol. The summed E-state index contributed by atoms with van der Waals surface area (Å²) in [6.07, 6.45) is 0. The molecule has 2 heterocycles. The van der Waals surface area contributed by atoms with Crippen molar-refractivity contribution in [3.05, 3.63) is 73.3 Å². The lowest BCUT2D eigenvalue weighted by Crippen LogP contribution is -2.10. The topological polar surface area (TPSA) is 12.0 Å². The maximum Gasteiger partial charge on any atom is 0.124 e. The van der Waals surface area contributed by atoms with Crippen molar-refractivity contribution in [2.75, 3.05) is 5.32 Å². The van der Waals surface area contributed by atoms with Gasteiger partial charge in [-0.3, -0.25) is 0 Å². The van der Waals surface area contributed by atoms with E-state index in [1.807, 2.05) is 12.1 Å². The summed E-state index contributed by atoms with van der Waals surface area (Å²) in [4.78, 5) is 2.48. The van der Waals surface area contributed by atoms with Crippen LogP contribution in [0, 0.1) is 5.82 Å². The number of nitrogens with one attached hydrogen (secondary N) is 1. The second kappa shape index (κ2) is 6.08. The van der Waals surface area contributed by atoms with Gasteiger partial charge in [0.05, 0.1) is 6.04 Å². The lowest BCUT2D eigenvalue weighted by molar-refractivity contribution is 0.627. The Hall–Kier alpha value is -1.17. The normalized spacial score (nSPS) is 10.9. The molecular formula is C15H11BrFNS2. The molecule has 2 aromatic heterocycles. The van der Waals surface area contributed by atoms with Crippen LogP contribution in [0.15, 0.2) is 57.7 Å². The summed E-state index contributed by atoms with van der Waals surface area (Å²) in [5.41, 5.74) is 0.887. The fraction of sp³-hybridized carbons (Fsp3) is 0.0667. The van der Waals surface area contributed by atoms with E-state index in [2.05, 4.69) is 44.1 Å². The number of rotatable bonds is 4. The zero-order valence-corrected chi connectivity index (χ0v) is 13.6. The van der Waals surface area contributed by atoms with Crippen LogP contribution in [-0.4, -0.2) is 0 Å². The molecule has 0 fully saturated rings. The van der Waals surface area contributed by atoms with E-state index >= 15 is 0 Å². The van der Waals surface area contributed by atoms with Crippen LogP contribution in [0.2, 0.25) is 0 Å². The number of anilines is 1. The molecule has 0 aliphatic rings. The molecule has 0 saturated carbocycles. The van der Waals surface area contributed by atoms with E-state index in [0.717, 1.165) is 10.2 Å². The molecule has 0 aliphatic heterocycles. The van der Waals surface area contributed by atoms with Gasteiger partial charge in [0, 0.05) is 19.9 Å². The average Bonchev–Trinajstić information content (AvgIpc) is 3.11. The van der Waals surface area contributed by atoms with Crippen LogP contribution in [0.5, 0.6) is 0 Å². The number of hydrogen-bond acceptors (Lipinski definition) is 3. The number of halogens is 2. The Bertz CT molecular complexity index is 646. The maximum atomic E-state index is 13.2. The van der Waals surface area contributed by atoms with Gasteiger partial charge in [0.2, 0.25) is 0 Å². The van der Waals surface area contributed by atoms with Crippen molar-refractivity contribution >= 4 is 44.3 Å². The molecule has 0 bridgehead atoms. The molecule has 0 atom stereocenters. The Morgan fingerprint density at radius 3 is 2.15 bits per heavy atom. The number of benzene rings is 1. The van der Waals surface area contributed by atoms with E-state index in [1.54, 1.807) is 28.7 Å². The zero-order valence-electron chi connectivity index (χ0n) is 10.3. The third-order valence-electron chi connectivity index (χ3n) is 2.89. The Labute approximate surface area is 133 Å². The molecular weight excluding hydrogens is 357 g/mol. The molecule has 102 valence electrons. The Morgan fingerprint density at radius 2 is 1.65 bits per heavy atom. The predicted molar refractivity (Wildman–Crippen MR) is 88.2 cm³/mol. The molecule has 0 aliphatic carbocycles. The summed E-state index contributed by atoms with van der Waals surface area (Å²) in [7, 11) is 0. The molecule has 1 N–H and O–H groups in total. The minimum absolute atomic E-state index is 0.0942. The van der Waals surface area contributed by atoms with Crippen LogP contribution >= 0.6 is 38.6 Å². The maximum absolute atomic E-state index is 13.2. The van der Waals surface area contributed by atoms with E-state index in [1.165, 1.54) is 21.9 Å². The van der Waals surface area contributed by atoms with Gasteiger partial charge in [0.25, 0.3) is 0 Å². The van der Waals surface area contributed by atoms with Gasteiger partial charge in [-0.1, -0.05) is 12.1 Å². The van der Waals surface area contributed by atoms with E-state index in [-0.39, 0.29) is 11.9 Å². The first-order chi connectivity index (χ1) is 9.74. The van der Waals surface area contributed by atoms with E-state index < -0.39 is 0 Å². The number of thiophene rings is 2. The predicted octanol–water partition coefficient (Wildman–Crippen LogP) is 5.91. The van der Waals surface area contributed by atoms with Gasteiger partial charge in [-0.15, -0.1) is 22.7 Å². The van der Waals surface area contributed by atoms with E-state index in [4.69, 9.17) is 0 Å². The SMILES string of the molecule is Fc1ccc(NC(c2cccs2)c2cccs2)c(Br)c1. The molecule has 5 heteroatoms. The second-order valence-electron chi connectivity index (χ2n) is 4.23. The van der Waals surface area contributed by atoms with Crippen LogP contribution in [0.3, 0.4) is 0 Å². The molecule has 0 amide bonds. The molecule has 3 aromatic rings. The Morgan fingerprint density at radius 1 is 1.00 bits per heavy atom. The molecule has 1 nitrogen and oxygen atoms in total. The van der Waals surface area contributed by atoms with Gasteiger partial charge < -0.3 is 5.32 Å². The van der Waals surface area contributed by atoms with Crippen molar-refractivity contribution < 1.29 is 4.39 Å². The van der Waals surface area contributed by atoms with Gasteiger partial charge in [-0.05, 0) is 57.0 Å². The van der Waals surface area contributed by atoms with Crippen molar-refractivity contribution in [2.45, 2.75) is 6.04 Å². The first kappa shape index (κ1) is 13.8. The molecule has 3 rings (SSSR count). The zero-order chi connectivity index (χ0) is 13.9. The number of hydrogen-bond donors (Lipinski definition) is 1. The summed E-state index contributed by atoms with van der Waals surface area (Å²) in [6.45, 7) is 0. The highest BCUT2D eigenvalue weighted by atomic mass is 79.9. The van der Waals surface area contributed by atoms with E-state index in [0.29, 0.717) is 0 Å². The van der Waals surface area contributed by atoms with Crippen molar-refractivity contribution in [3.63, 3.8) is 0 Å². The van der Waals surface area contributed by atoms with Gasteiger partial charge in [0.1, 0.15) is 5.82 Å². The highest BCUT2D eigenvalue weighted by Gasteiger charge is 2.17. The lowest BCUT2D eigenvalue weighted by atomic mass is 10.2. The first-order valence-corrected chi connectivity index (χ1v) is 8.57. The summed E-state index contributed by atoms with van der Waals surface area (Å²) in [6, 6.07) is 13.1. The van der Waals surface area contributed by atoms with Crippen molar-refractivity contribution in [2.24, 2.45) is 0 Å². The third kappa shape index (κ3) is 2.95. The first-order valence-electron chi connectivity index (χ1n) is 6.02. The summed E-state index contributed by atoms with van der Waals surface area (Å²) >= 11 is 6.83. The highest BCUT2D eigenvalue weighted by Crippen LogP contribution is 2.34. The molecule has 1 aromatic carbocycles. The lowest BCUT2D eigenvalue weighted by Gasteiger charge is -2.18. The Kier molecular flexibility index (Phi) is 4.19. The van der Waals surface area contributed by atoms with Crippen LogP contribution in [-0.2, 0) is 0 Å². The third-order valence-corrected chi connectivity index (χ3v) is 5.42. The monoisotopic (exact) mass is 367 g/mol. The summed E-state index contributed by atoms with van der Waals surface area (Å²) < 4.78 is 13.9. The van der Waals surface area contributed by atoms with Crippen LogP contribution in [0.1, 0.15) is 15.8 Å². The van der Waals surface area contributed by atoms with Crippen LogP contribution in [0.25, 0.3) is 0 Å². The minimum atomic E-state index is -0.244. The second-order valence-corrected chi connectivity index (χ2v) is 7.05. The largest absolute Gasteiger partial charge is 0.372 e. The van der Waals surface area contributed by atoms with Gasteiger partial charge in [-0.25, -0.2) is 4.39 Å². The summed E-state index contributed by atoms with van der Waals surface area (Å²) in [5, 5.41) is 7.62. The van der Waals surface area contributed by atoms with Crippen molar-refractivity contribution in [1.29, 1.82) is 0 Å². The van der Waals surface area contributed by atoms with Crippen LogP contribution in [0.4, 0.5) is 10.1 Å². The summed E-state index contributed by atoms with van der Waals surface area (Å²) in [5.74, 6) is -0.244. The Balaban J connectivity index is 1.95. The van der Waals surface area contributed by atoms with Gasteiger partial charge in [0.15, 0.2) is 0 Å². The van der Waals surface area contributed by atoms with Gasteiger partial charge in [-0.2, -0.15) is 0 Å². The molecule has 0 spiro atoms. The van der Waals surface area contributed by atoms with Crippen LogP contribution < -0.4 is 5.32 Å². The fourth-order valence-electron chi connectivity index (χ4n) is 1.96. The fourth-order valence-corrected chi connectivity index (χ4v) is 4.08. The van der Waals surface area contributed by atoms with Crippen molar-refractivity contribution in [1.82, 2.24) is 0 Å². The minimum Gasteiger partial charge on any atom is -0.372 e. The van der Waals surface area contributed by atoms with Gasteiger partial charge >= 0.3 is 0 Å². The quantitative estimate of drug-likeness (QED) is 0.603. The standard InChI is InChI=1S/C15H11BrFNS2/c16-11-9-10(17)5-6-12(11)18-15(13-3-1-7-19-13)14-4-2-8-20-14/h1-9,15,18H. The van der Waals surface area contributed by atoms with Crippen molar-refractivity contribution in [3.8, 4) is 0 Å². The molecule has 0 saturated heterocycles. The molecule has 0 unspecified atom stereocenters. The highest BCUT2D eigenvalue weighted by molar-refractivity contribution is 9.10.